The maximum atomic E-state index is 12.1. The molecule has 1 aromatic heterocycles. The minimum atomic E-state index is -0.428. The van der Waals surface area contributed by atoms with Crippen molar-refractivity contribution in [1.29, 1.82) is 0 Å². The summed E-state index contributed by atoms with van der Waals surface area (Å²) < 4.78 is 0. The Bertz CT molecular complexity index is 944. The molecule has 0 amide bonds. The monoisotopic (exact) mass is 397 g/mol. The highest BCUT2D eigenvalue weighted by atomic mass is 32.1. The average molecular weight is 398 g/mol. The molecule has 148 valence electrons. The first-order valence-electron chi connectivity index (χ1n) is 9.51. The van der Waals surface area contributed by atoms with Gasteiger partial charge >= 0.3 is 0 Å². The summed E-state index contributed by atoms with van der Waals surface area (Å²) in [5.74, 6) is 0. The van der Waals surface area contributed by atoms with Crippen molar-refractivity contribution >= 4 is 22.7 Å². The van der Waals surface area contributed by atoms with Gasteiger partial charge in [-0.05, 0) is 61.8 Å². The van der Waals surface area contributed by atoms with Crippen LogP contribution in [0.15, 0.2) is 56.7 Å². The Kier molecular flexibility index (Phi) is 6.65. The van der Waals surface area contributed by atoms with Crippen molar-refractivity contribution in [2.45, 2.75) is 31.8 Å². The maximum absolute atomic E-state index is 12.1. The van der Waals surface area contributed by atoms with Crippen molar-refractivity contribution in [3.8, 4) is 0 Å². The van der Waals surface area contributed by atoms with Crippen LogP contribution in [0.25, 0.3) is 0 Å². The zero-order valence-corrected chi connectivity index (χ0v) is 17.4. The SMILES string of the molecule is C[C@@H](Cc1ccsc1)Nc1c(NC[C@H](Cc2ccccc2)N(C)C)c(=O)c1=O. The first kappa shape index (κ1) is 20.3. The molecule has 0 bridgehead atoms. The summed E-state index contributed by atoms with van der Waals surface area (Å²) in [7, 11) is 4.05. The Balaban J connectivity index is 1.63. The second-order valence-corrected chi connectivity index (χ2v) is 8.26. The Morgan fingerprint density at radius 1 is 0.964 bits per heavy atom. The number of thiophene rings is 1. The highest BCUT2D eigenvalue weighted by molar-refractivity contribution is 7.07. The predicted molar refractivity (Wildman–Crippen MR) is 119 cm³/mol. The number of nitrogens with one attached hydrogen (secondary N) is 2. The molecule has 0 saturated heterocycles. The van der Waals surface area contributed by atoms with Gasteiger partial charge in [0.25, 0.3) is 10.9 Å². The Morgan fingerprint density at radius 2 is 1.68 bits per heavy atom. The Morgan fingerprint density at radius 3 is 2.32 bits per heavy atom. The highest BCUT2D eigenvalue weighted by Crippen LogP contribution is 2.18. The van der Waals surface area contributed by atoms with Crippen LogP contribution in [0.5, 0.6) is 0 Å². The molecule has 0 fully saturated rings. The lowest BCUT2D eigenvalue weighted by Gasteiger charge is -2.26. The van der Waals surface area contributed by atoms with Gasteiger partial charge in [-0.3, -0.25) is 9.59 Å². The van der Waals surface area contributed by atoms with Gasteiger partial charge in [-0.1, -0.05) is 30.3 Å². The van der Waals surface area contributed by atoms with Crippen LogP contribution in [-0.4, -0.2) is 37.6 Å². The lowest BCUT2D eigenvalue weighted by Crippen LogP contribution is -2.43. The van der Waals surface area contributed by atoms with Gasteiger partial charge in [0.2, 0.25) is 0 Å². The molecule has 2 N–H and O–H groups in total. The largest absolute Gasteiger partial charge is 0.378 e. The highest BCUT2D eigenvalue weighted by Gasteiger charge is 2.23. The fraction of sp³-hybridized carbons (Fsp3) is 0.364. The second-order valence-electron chi connectivity index (χ2n) is 7.48. The van der Waals surface area contributed by atoms with Gasteiger partial charge in [0.1, 0.15) is 11.4 Å². The first-order chi connectivity index (χ1) is 13.5. The predicted octanol–water partition coefficient (Wildman–Crippen LogP) is 2.97. The second kappa shape index (κ2) is 9.17. The van der Waals surface area contributed by atoms with Gasteiger partial charge in [0.15, 0.2) is 0 Å². The van der Waals surface area contributed by atoms with Crippen LogP contribution in [0.2, 0.25) is 0 Å². The van der Waals surface area contributed by atoms with Gasteiger partial charge in [-0.15, -0.1) is 0 Å². The molecule has 5 nitrogen and oxygen atoms in total. The van der Waals surface area contributed by atoms with E-state index in [9.17, 15) is 9.59 Å². The topological polar surface area (TPSA) is 61.4 Å². The van der Waals surface area contributed by atoms with Crippen molar-refractivity contribution in [2.75, 3.05) is 31.3 Å². The van der Waals surface area contributed by atoms with Crippen molar-refractivity contribution in [2.24, 2.45) is 0 Å². The van der Waals surface area contributed by atoms with Crippen LogP contribution < -0.4 is 21.5 Å². The molecule has 2 aromatic carbocycles. The van der Waals surface area contributed by atoms with E-state index in [1.807, 2.05) is 44.6 Å². The summed E-state index contributed by atoms with van der Waals surface area (Å²) in [6, 6.07) is 12.6. The van der Waals surface area contributed by atoms with Crippen molar-refractivity contribution in [1.82, 2.24) is 4.90 Å². The molecule has 0 spiro atoms. The summed E-state index contributed by atoms with van der Waals surface area (Å²) in [6.07, 6.45) is 1.68. The number of hydrogen-bond donors (Lipinski definition) is 2. The number of hydrogen-bond acceptors (Lipinski definition) is 6. The molecule has 0 radical (unpaired) electrons. The molecular weight excluding hydrogens is 370 g/mol. The third-order valence-corrected chi connectivity index (χ3v) is 5.71. The van der Waals surface area contributed by atoms with Gasteiger partial charge in [0.05, 0.1) is 0 Å². The molecule has 1 heterocycles. The summed E-state index contributed by atoms with van der Waals surface area (Å²) >= 11 is 1.66. The van der Waals surface area contributed by atoms with Crippen molar-refractivity contribution in [3.05, 3.63) is 78.7 Å². The van der Waals surface area contributed by atoms with Crippen LogP contribution in [0.3, 0.4) is 0 Å². The zero-order valence-electron chi connectivity index (χ0n) is 16.6. The standard InChI is InChI=1S/C22H27N3O2S/c1-15(11-17-9-10-28-14-17)24-20-19(21(26)22(20)27)23-13-18(25(2)3)12-16-7-5-4-6-8-16/h4-10,14-15,18,23-24H,11-13H2,1-3H3/t15-,18-/m0/s1. The molecule has 0 saturated carbocycles. The molecule has 0 aliphatic heterocycles. The van der Waals surface area contributed by atoms with E-state index < -0.39 is 10.9 Å². The summed E-state index contributed by atoms with van der Waals surface area (Å²) in [6.45, 7) is 2.62. The minimum absolute atomic E-state index is 0.0763. The summed E-state index contributed by atoms with van der Waals surface area (Å²) in [5, 5.41) is 10.6. The lowest BCUT2D eigenvalue weighted by atomic mass is 10.0. The normalized spacial score (nSPS) is 13.6. The van der Waals surface area contributed by atoms with Crippen molar-refractivity contribution in [3.63, 3.8) is 0 Å². The number of anilines is 2. The number of likely N-dealkylation sites (N-methyl/N-ethyl adjacent to an activating group) is 1. The molecule has 6 heteroatoms. The third-order valence-electron chi connectivity index (χ3n) is 4.98. The van der Waals surface area contributed by atoms with Gasteiger partial charge in [0, 0.05) is 18.6 Å². The molecule has 3 aromatic rings. The smallest absolute Gasteiger partial charge is 0.253 e. The van der Waals surface area contributed by atoms with E-state index in [1.54, 1.807) is 11.3 Å². The van der Waals surface area contributed by atoms with E-state index in [0.29, 0.717) is 17.9 Å². The van der Waals surface area contributed by atoms with Crippen LogP contribution in [0.4, 0.5) is 11.4 Å². The molecule has 0 unspecified atom stereocenters. The average Bonchev–Trinajstić information content (AvgIpc) is 3.19. The number of rotatable bonds is 10. The Labute approximate surface area is 169 Å². The lowest BCUT2D eigenvalue weighted by molar-refractivity contribution is 0.303. The maximum Gasteiger partial charge on any atom is 0.253 e. The van der Waals surface area contributed by atoms with E-state index in [4.69, 9.17) is 0 Å². The van der Waals surface area contributed by atoms with E-state index in [-0.39, 0.29) is 12.1 Å². The number of benzene rings is 1. The molecule has 0 aliphatic rings. The van der Waals surface area contributed by atoms with E-state index in [1.165, 1.54) is 11.1 Å². The van der Waals surface area contributed by atoms with Gasteiger partial charge < -0.3 is 15.5 Å². The fourth-order valence-electron chi connectivity index (χ4n) is 3.30. The third kappa shape index (κ3) is 4.88. The van der Waals surface area contributed by atoms with E-state index >= 15 is 0 Å². The summed E-state index contributed by atoms with van der Waals surface area (Å²) in [4.78, 5) is 26.3. The van der Waals surface area contributed by atoms with Crippen molar-refractivity contribution < 1.29 is 0 Å². The zero-order chi connectivity index (χ0) is 20.1. The summed E-state index contributed by atoms with van der Waals surface area (Å²) in [5.41, 5.74) is 2.46. The molecule has 3 rings (SSSR count). The van der Waals surface area contributed by atoms with Crippen LogP contribution in [-0.2, 0) is 12.8 Å². The van der Waals surface area contributed by atoms with Crippen LogP contribution >= 0.6 is 11.3 Å². The molecule has 28 heavy (non-hydrogen) atoms. The number of nitrogens with zero attached hydrogens (tertiary/aromatic N) is 1. The molecule has 0 aliphatic carbocycles. The van der Waals surface area contributed by atoms with E-state index in [0.717, 1.165) is 12.8 Å². The van der Waals surface area contributed by atoms with Gasteiger partial charge in [-0.25, -0.2) is 0 Å². The molecular formula is C22H27N3O2S. The quantitative estimate of drug-likeness (QED) is 0.515. The van der Waals surface area contributed by atoms with Crippen LogP contribution in [0.1, 0.15) is 18.1 Å². The van der Waals surface area contributed by atoms with Gasteiger partial charge in [-0.2, -0.15) is 11.3 Å². The molecule has 2 atom stereocenters. The first-order valence-corrected chi connectivity index (χ1v) is 10.4. The van der Waals surface area contributed by atoms with Crippen LogP contribution in [0, 0.1) is 0 Å². The fourth-order valence-corrected chi connectivity index (χ4v) is 3.98. The van der Waals surface area contributed by atoms with E-state index in [2.05, 4.69) is 39.1 Å². The Hall–Kier alpha value is -2.44. The minimum Gasteiger partial charge on any atom is -0.378 e.